The Hall–Kier alpha value is -5.45. The third kappa shape index (κ3) is 3.84. The minimum absolute atomic E-state index is 0.672. The van der Waals surface area contributed by atoms with Crippen molar-refractivity contribution >= 4 is 81.4 Å². The second-order valence-corrected chi connectivity index (χ2v) is 11.9. The van der Waals surface area contributed by atoms with Crippen LogP contribution in [0.25, 0.3) is 64.1 Å². The molecule has 0 fully saturated rings. The number of thiophene rings is 1. The topological polar surface area (TPSA) is 29.3 Å². The highest BCUT2D eigenvalue weighted by Gasteiger charge is 2.19. The minimum Gasteiger partial charge on any atom is -0.438 e. The normalized spacial score (nSPS) is 11.7. The maximum Gasteiger partial charge on any atom is 0.227 e. The van der Waals surface area contributed by atoms with Gasteiger partial charge in [0, 0.05) is 43.8 Å². The lowest BCUT2D eigenvalue weighted by Crippen LogP contribution is -2.10. The fourth-order valence-corrected chi connectivity index (χ4v) is 7.54. The molecule has 9 rings (SSSR count). The molecule has 6 aromatic carbocycles. The van der Waals surface area contributed by atoms with Crippen molar-refractivity contribution in [2.24, 2.45) is 0 Å². The van der Waals surface area contributed by atoms with E-state index in [1.807, 2.05) is 17.4 Å². The van der Waals surface area contributed by atoms with Crippen LogP contribution < -0.4 is 4.90 Å². The molecule has 3 nitrogen and oxygen atoms in total. The van der Waals surface area contributed by atoms with Gasteiger partial charge in [-0.2, -0.15) is 0 Å². The van der Waals surface area contributed by atoms with Gasteiger partial charge >= 0.3 is 0 Å². The van der Waals surface area contributed by atoms with Crippen LogP contribution in [0.3, 0.4) is 0 Å². The third-order valence-electron chi connectivity index (χ3n) is 8.33. The lowest BCUT2D eigenvalue weighted by atomic mass is 10.0. The Labute approximate surface area is 251 Å². The van der Waals surface area contributed by atoms with Gasteiger partial charge in [-0.15, -0.1) is 11.3 Å². The molecule has 0 spiro atoms. The SMILES string of the molecule is c1ccc(-c2ccc(N(c3ccc4c(ccc5oc6ncccc6c54)c3)c3cccc4c3sc3ccccc34)cc2)cc1. The summed E-state index contributed by atoms with van der Waals surface area (Å²) in [7, 11) is 0. The van der Waals surface area contributed by atoms with Gasteiger partial charge in [-0.1, -0.05) is 84.9 Å². The van der Waals surface area contributed by atoms with Gasteiger partial charge in [0.05, 0.1) is 10.4 Å². The molecule has 0 aliphatic heterocycles. The highest BCUT2D eigenvalue weighted by molar-refractivity contribution is 7.26. The Balaban J connectivity index is 1.27. The second kappa shape index (κ2) is 9.55. The maximum absolute atomic E-state index is 6.08. The Morgan fingerprint density at radius 3 is 2.23 bits per heavy atom. The summed E-state index contributed by atoms with van der Waals surface area (Å²) in [4.78, 5) is 6.85. The van der Waals surface area contributed by atoms with Gasteiger partial charge in [0.25, 0.3) is 0 Å². The fourth-order valence-electron chi connectivity index (χ4n) is 6.33. The molecule has 0 radical (unpaired) electrons. The molecule has 0 saturated carbocycles. The van der Waals surface area contributed by atoms with Crippen molar-refractivity contribution in [3.05, 3.63) is 146 Å². The first-order valence-corrected chi connectivity index (χ1v) is 15.2. The number of anilines is 3. The number of hydrogen-bond acceptors (Lipinski definition) is 4. The molecule has 0 N–H and O–H groups in total. The molecule has 43 heavy (non-hydrogen) atoms. The molecule has 202 valence electrons. The number of hydrogen-bond donors (Lipinski definition) is 0. The molecule has 3 aromatic heterocycles. The smallest absolute Gasteiger partial charge is 0.227 e. The van der Waals surface area contributed by atoms with E-state index in [2.05, 4.69) is 143 Å². The molecule has 0 unspecified atom stereocenters. The predicted octanol–water partition coefficient (Wildman–Crippen LogP) is 11.6. The fraction of sp³-hybridized carbons (Fsp3) is 0. The molecule has 3 heterocycles. The Morgan fingerprint density at radius 1 is 0.558 bits per heavy atom. The minimum atomic E-state index is 0.672. The first kappa shape index (κ1) is 24.2. The van der Waals surface area contributed by atoms with E-state index in [4.69, 9.17) is 4.42 Å². The van der Waals surface area contributed by atoms with E-state index in [0.717, 1.165) is 38.5 Å². The van der Waals surface area contributed by atoms with Crippen LogP contribution in [0.4, 0.5) is 17.1 Å². The zero-order valence-corrected chi connectivity index (χ0v) is 23.9. The number of aromatic nitrogens is 1. The summed E-state index contributed by atoms with van der Waals surface area (Å²) in [5.41, 5.74) is 7.33. The Morgan fingerprint density at radius 2 is 1.33 bits per heavy atom. The van der Waals surface area contributed by atoms with Crippen LogP contribution in [0.5, 0.6) is 0 Å². The van der Waals surface area contributed by atoms with E-state index in [1.165, 1.54) is 37.0 Å². The Kier molecular flexibility index (Phi) is 5.37. The third-order valence-corrected chi connectivity index (χ3v) is 9.54. The number of benzene rings is 6. The van der Waals surface area contributed by atoms with E-state index in [1.54, 1.807) is 6.20 Å². The van der Waals surface area contributed by atoms with E-state index in [0.29, 0.717) is 5.71 Å². The Bertz CT molecular complexity index is 2460. The van der Waals surface area contributed by atoms with Crippen molar-refractivity contribution in [2.45, 2.75) is 0 Å². The number of fused-ring (bicyclic) bond motifs is 8. The van der Waals surface area contributed by atoms with Crippen LogP contribution in [0.2, 0.25) is 0 Å². The molecule has 0 amide bonds. The lowest BCUT2D eigenvalue weighted by molar-refractivity contribution is 0.654. The number of rotatable bonds is 4. The summed E-state index contributed by atoms with van der Waals surface area (Å²) in [5, 5.41) is 7.05. The largest absolute Gasteiger partial charge is 0.438 e. The lowest BCUT2D eigenvalue weighted by Gasteiger charge is -2.26. The average Bonchev–Trinajstić information content (AvgIpc) is 3.65. The van der Waals surface area contributed by atoms with Crippen molar-refractivity contribution < 1.29 is 4.42 Å². The molecule has 9 aromatic rings. The van der Waals surface area contributed by atoms with Crippen molar-refractivity contribution in [1.82, 2.24) is 4.98 Å². The molecule has 4 heteroatoms. The summed E-state index contributed by atoms with van der Waals surface area (Å²) >= 11 is 1.85. The first-order valence-electron chi connectivity index (χ1n) is 14.4. The summed E-state index contributed by atoms with van der Waals surface area (Å²) < 4.78 is 8.65. The highest BCUT2D eigenvalue weighted by Crippen LogP contribution is 2.46. The number of nitrogens with zero attached hydrogens (tertiary/aromatic N) is 2. The van der Waals surface area contributed by atoms with Gasteiger partial charge in [-0.05, 0) is 76.5 Å². The van der Waals surface area contributed by atoms with Gasteiger partial charge in [-0.25, -0.2) is 4.98 Å². The van der Waals surface area contributed by atoms with Crippen LogP contribution in [-0.4, -0.2) is 4.98 Å². The van der Waals surface area contributed by atoms with Crippen LogP contribution in [0.15, 0.2) is 150 Å². The molecule has 0 aliphatic rings. The molecule has 0 atom stereocenters. The van der Waals surface area contributed by atoms with Crippen molar-refractivity contribution in [3.63, 3.8) is 0 Å². The zero-order valence-electron chi connectivity index (χ0n) is 23.1. The summed E-state index contributed by atoms with van der Waals surface area (Å²) in [6, 6.07) is 49.8. The van der Waals surface area contributed by atoms with Crippen LogP contribution in [0.1, 0.15) is 0 Å². The standard InChI is InChI=1S/C39H24N2OS/c1-2-8-25(9-3-1)26-15-18-28(19-16-26)41(34-13-6-11-32-31-10-4-5-14-36(31)43-38(32)34)29-20-21-30-27(24-29)17-22-35-37(30)33-12-7-23-40-39(33)42-35/h1-24H. The van der Waals surface area contributed by atoms with Crippen molar-refractivity contribution in [2.75, 3.05) is 4.90 Å². The predicted molar refractivity (Wildman–Crippen MR) is 182 cm³/mol. The van der Waals surface area contributed by atoms with Gasteiger partial charge in [0.15, 0.2) is 0 Å². The van der Waals surface area contributed by atoms with Gasteiger partial charge in [0.2, 0.25) is 5.71 Å². The summed E-state index contributed by atoms with van der Waals surface area (Å²) in [6.45, 7) is 0. The molecule has 0 bridgehead atoms. The highest BCUT2D eigenvalue weighted by atomic mass is 32.1. The molecular weight excluding hydrogens is 545 g/mol. The maximum atomic E-state index is 6.08. The number of furan rings is 1. The van der Waals surface area contributed by atoms with E-state index in [-0.39, 0.29) is 0 Å². The van der Waals surface area contributed by atoms with E-state index < -0.39 is 0 Å². The second-order valence-electron chi connectivity index (χ2n) is 10.8. The van der Waals surface area contributed by atoms with E-state index in [9.17, 15) is 0 Å². The van der Waals surface area contributed by atoms with Gasteiger partial charge in [-0.3, -0.25) is 0 Å². The molecule has 0 aliphatic carbocycles. The number of pyridine rings is 1. The quantitative estimate of drug-likeness (QED) is 0.211. The molecular formula is C39H24N2OS. The van der Waals surface area contributed by atoms with Crippen LogP contribution in [-0.2, 0) is 0 Å². The van der Waals surface area contributed by atoms with Gasteiger partial charge < -0.3 is 9.32 Å². The van der Waals surface area contributed by atoms with Crippen LogP contribution >= 0.6 is 11.3 Å². The van der Waals surface area contributed by atoms with Gasteiger partial charge in [0.1, 0.15) is 5.58 Å². The van der Waals surface area contributed by atoms with Crippen molar-refractivity contribution in [1.29, 1.82) is 0 Å². The van der Waals surface area contributed by atoms with Crippen molar-refractivity contribution in [3.8, 4) is 11.1 Å². The summed E-state index contributed by atoms with van der Waals surface area (Å²) in [6.07, 6.45) is 1.78. The molecule has 0 saturated heterocycles. The van der Waals surface area contributed by atoms with Crippen LogP contribution in [0, 0.1) is 0 Å². The average molecular weight is 569 g/mol. The zero-order chi connectivity index (χ0) is 28.3. The summed E-state index contributed by atoms with van der Waals surface area (Å²) in [5.74, 6) is 0. The monoisotopic (exact) mass is 568 g/mol. The van der Waals surface area contributed by atoms with E-state index >= 15 is 0 Å². The first-order chi connectivity index (χ1) is 21.3.